The van der Waals surface area contributed by atoms with Gasteiger partial charge in [-0.25, -0.2) is 0 Å². The van der Waals surface area contributed by atoms with Crippen LogP contribution in [0.2, 0.25) is 0 Å². The van der Waals surface area contributed by atoms with E-state index in [2.05, 4.69) is 22.1 Å². The Bertz CT molecular complexity index is 402. The van der Waals surface area contributed by atoms with Gasteiger partial charge in [-0.1, -0.05) is 0 Å². The summed E-state index contributed by atoms with van der Waals surface area (Å²) in [4.78, 5) is 2.22. The fraction of sp³-hybridized carbons (Fsp3) is 0.778. The largest absolute Gasteiger partial charge is 0.388 e. The number of hydrogen-bond donors (Lipinski definition) is 2. The second kappa shape index (κ2) is 5.05. The lowest BCUT2D eigenvalue weighted by Crippen LogP contribution is -2.42. The van der Waals surface area contributed by atoms with Crippen molar-refractivity contribution >= 4 is 12.2 Å². The van der Waals surface area contributed by atoms with E-state index in [9.17, 15) is 0 Å². The topological polar surface area (TPSA) is 66.3 Å². The van der Waals surface area contributed by atoms with Crippen LogP contribution in [0.4, 0.5) is 0 Å². The first-order chi connectivity index (χ1) is 7.70. The molecule has 16 heavy (non-hydrogen) atoms. The molecule has 1 aliphatic heterocycles. The van der Waals surface area contributed by atoms with E-state index >= 15 is 0 Å². The van der Waals surface area contributed by atoms with Crippen LogP contribution >= 0.6 is 12.2 Å². The van der Waals surface area contributed by atoms with E-state index in [1.807, 2.05) is 0 Å². The SMILES string of the molecule is CN1CCOC(Cn2c(CO)n[nH]c2=S)C1. The van der Waals surface area contributed by atoms with Crippen LogP contribution in [-0.4, -0.2) is 57.6 Å². The number of rotatable bonds is 3. The number of likely N-dealkylation sites (N-methyl/N-ethyl adjacent to an activating group) is 1. The fourth-order valence-electron chi connectivity index (χ4n) is 1.84. The summed E-state index contributed by atoms with van der Waals surface area (Å²) in [7, 11) is 2.07. The van der Waals surface area contributed by atoms with Crippen LogP contribution < -0.4 is 0 Å². The van der Waals surface area contributed by atoms with E-state index in [1.54, 1.807) is 4.57 Å². The third kappa shape index (κ3) is 2.49. The van der Waals surface area contributed by atoms with Crippen molar-refractivity contribution in [1.29, 1.82) is 0 Å². The smallest absolute Gasteiger partial charge is 0.195 e. The first-order valence-corrected chi connectivity index (χ1v) is 5.66. The highest BCUT2D eigenvalue weighted by atomic mass is 32.1. The molecular formula is C9H16N4O2S. The Kier molecular flexibility index (Phi) is 3.70. The number of aliphatic hydroxyl groups excluding tert-OH is 1. The van der Waals surface area contributed by atoms with Crippen LogP contribution in [-0.2, 0) is 17.9 Å². The van der Waals surface area contributed by atoms with Crippen molar-refractivity contribution in [3.8, 4) is 0 Å². The van der Waals surface area contributed by atoms with Crippen LogP contribution in [0.15, 0.2) is 0 Å². The molecule has 90 valence electrons. The number of nitrogens with one attached hydrogen (secondary N) is 1. The van der Waals surface area contributed by atoms with Crippen LogP contribution in [0, 0.1) is 4.77 Å². The van der Waals surface area contributed by atoms with Gasteiger partial charge in [-0.3, -0.25) is 9.67 Å². The molecule has 0 aromatic carbocycles. The Morgan fingerprint density at radius 1 is 1.69 bits per heavy atom. The van der Waals surface area contributed by atoms with Crippen molar-refractivity contribution < 1.29 is 9.84 Å². The summed E-state index contributed by atoms with van der Waals surface area (Å²) in [5.74, 6) is 0.557. The molecule has 2 heterocycles. The molecule has 0 bridgehead atoms. The number of H-pyrrole nitrogens is 1. The van der Waals surface area contributed by atoms with Crippen LogP contribution in [0.3, 0.4) is 0 Å². The first kappa shape index (κ1) is 11.7. The standard InChI is InChI=1S/C9H16N4O2S/c1-12-2-3-15-7(4-12)5-13-8(6-14)10-11-9(13)16/h7,14H,2-6H2,1H3,(H,11,16). The average molecular weight is 244 g/mol. The van der Waals surface area contributed by atoms with Gasteiger partial charge in [-0.2, -0.15) is 5.10 Å². The molecule has 0 aliphatic carbocycles. The van der Waals surface area contributed by atoms with E-state index in [-0.39, 0.29) is 12.7 Å². The first-order valence-electron chi connectivity index (χ1n) is 5.26. The zero-order valence-corrected chi connectivity index (χ0v) is 10.0. The van der Waals surface area contributed by atoms with Gasteiger partial charge in [-0.05, 0) is 19.3 Å². The third-order valence-electron chi connectivity index (χ3n) is 2.71. The van der Waals surface area contributed by atoms with Gasteiger partial charge in [0.1, 0.15) is 6.61 Å². The van der Waals surface area contributed by atoms with E-state index in [0.717, 1.165) is 19.7 Å². The molecule has 2 rings (SSSR count). The molecule has 2 N–H and O–H groups in total. The van der Waals surface area contributed by atoms with Gasteiger partial charge < -0.3 is 14.7 Å². The zero-order chi connectivity index (χ0) is 11.5. The van der Waals surface area contributed by atoms with Gasteiger partial charge >= 0.3 is 0 Å². The van der Waals surface area contributed by atoms with Crippen molar-refractivity contribution in [1.82, 2.24) is 19.7 Å². The lowest BCUT2D eigenvalue weighted by molar-refractivity contribution is -0.0283. The third-order valence-corrected chi connectivity index (χ3v) is 3.02. The molecule has 6 nitrogen and oxygen atoms in total. The van der Waals surface area contributed by atoms with Gasteiger partial charge in [0, 0.05) is 13.1 Å². The minimum Gasteiger partial charge on any atom is -0.388 e. The second-order valence-electron chi connectivity index (χ2n) is 3.97. The minimum atomic E-state index is -0.115. The number of aromatic amines is 1. The summed E-state index contributed by atoms with van der Waals surface area (Å²) in [5, 5.41) is 15.7. The van der Waals surface area contributed by atoms with Crippen LogP contribution in [0.1, 0.15) is 5.82 Å². The van der Waals surface area contributed by atoms with E-state index in [0.29, 0.717) is 17.1 Å². The molecule has 7 heteroatoms. The number of morpholine rings is 1. The maximum Gasteiger partial charge on any atom is 0.195 e. The maximum atomic E-state index is 9.11. The second-order valence-corrected chi connectivity index (χ2v) is 4.36. The summed E-state index contributed by atoms with van der Waals surface area (Å²) in [5.41, 5.74) is 0. The van der Waals surface area contributed by atoms with Crippen molar-refractivity contribution in [3.63, 3.8) is 0 Å². The monoisotopic (exact) mass is 244 g/mol. The molecule has 1 saturated heterocycles. The summed E-state index contributed by atoms with van der Waals surface area (Å²) < 4.78 is 7.96. The molecule has 0 radical (unpaired) electrons. The molecule has 1 aliphatic rings. The van der Waals surface area contributed by atoms with Crippen LogP contribution in [0.25, 0.3) is 0 Å². The van der Waals surface area contributed by atoms with Gasteiger partial charge in [0.2, 0.25) is 0 Å². The minimum absolute atomic E-state index is 0.105. The molecule has 1 fully saturated rings. The quantitative estimate of drug-likeness (QED) is 0.719. The number of aliphatic hydroxyl groups is 1. The highest BCUT2D eigenvalue weighted by molar-refractivity contribution is 7.71. The van der Waals surface area contributed by atoms with Crippen molar-refractivity contribution in [3.05, 3.63) is 10.6 Å². The Balaban J connectivity index is 2.07. The maximum absolute atomic E-state index is 9.11. The zero-order valence-electron chi connectivity index (χ0n) is 9.22. The molecule has 0 saturated carbocycles. The number of nitrogens with zero attached hydrogens (tertiary/aromatic N) is 3. The van der Waals surface area contributed by atoms with E-state index < -0.39 is 0 Å². The Labute approximate surface area is 98.8 Å². The normalized spacial score (nSPS) is 22.5. The summed E-state index contributed by atoms with van der Waals surface area (Å²) in [6.45, 7) is 3.09. The highest BCUT2D eigenvalue weighted by Gasteiger charge is 2.19. The predicted molar refractivity (Wildman–Crippen MR) is 60.6 cm³/mol. The predicted octanol–water partition coefficient (Wildman–Crippen LogP) is -0.236. The van der Waals surface area contributed by atoms with Gasteiger partial charge in [0.25, 0.3) is 0 Å². The number of ether oxygens (including phenoxy) is 1. The van der Waals surface area contributed by atoms with Crippen LogP contribution in [0.5, 0.6) is 0 Å². The molecule has 1 unspecified atom stereocenters. The number of aromatic nitrogens is 3. The Morgan fingerprint density at radius 2 is 2.50 bits per heavy atom. The van der Waals surface area contributed by atoms with Crippen molar-refractivity contribution in [2.45, 2.75) is 19.3 Å². The molecule has 0 amide bonds. The van der Waals surface area contributed by atoms with Crippen molar-refractivity contribution in [2.75, 3.05) is 26.7 Å². The summed E-state index contributed by atoms with van der Waals surface area (Å²) >= 11 is 5.10. The lowest BCUT2D eigenvalue weighted by Gasteiger charge is -2.30. The molecule has 1 aromatic heterocycles. The van der Waals surface area contributed by atoms with E-state index in [4.69, 9.17) is 22.1 Å². The van der Waals surface area contributed by atoms with Gasteiger partial charge in [0.15, 0.2) is 10.6 Å². The molecule has 1 aromatic rings. The average Bonchev–Trinajstić information content (AvgIpc) is 2.60. The Morgan fingerprint density at radius 3 is 3.19 bits per heavy atom. The number of hydrogen-bond acceptors (Lipinski definition) is 5. The highest BCUT2D eigenvalue weighted by Crippen LogP contribution is 2.08. The van der Waals surface area contributed by atoms with Gasteiger partial charge in [0.05, 0.1) is 19.3 Å². The Hall–Kier alpha value is -0.760. The summed E-state index contributed by atoms with van der Waals surface area (Å²) in [6, 6.07) is 0. The molecule has 0 spiro atoms. The van der Waals surface area contributed by atoms with Crippen molar-refractivity contribution in [2.24, 2.45) is 0 Å². The summed E-state index contributed by atoms with van der Waals surface area (Å²) in [6.07, 6.45) is 0.105. The van der Waals surface area contributed by atoms with E-state index in [1.165, 1.54) is 0 Å². The molecular weight excluding hydrogens is 228 g/mol. The van der Waals surface area contributed by atoms with Gasteiger partial charge in [-0.15, -0.1) is 0 Å². The molecule has 1 atom stereocenters. The fourth-order valence-corrected chi connectivity index (χ4v) is 2.07. The lowest BCUT2D eigenvalue weighted by atomic mass is 10.3.